The number of rotatable bonds is 6. The Balaban J connectivity index is 2.12. The quantitative estimate of drug-likeness (QED) is 0.783. The first-order valence-corrected chi connectivity index (χ1v) is 6.49. The number of thiocarbonyl (C=S) groups is 1. The topological polar surface area (TPSA) is 63.8 Å². The fourth-order valence-electron chi connectivity index (χ4n) is 1.82. The normalized spacial score (nSPS) is 12.0. The highest BCUT2D eigenvalue weighted by atomic mass is 32.1. The zero-order chi connectivity index (χ0) is 13.5. The molecular weight excluding hydrogens is 256 g/mol. The Labute approximate surface area is 118 Å². The molecule has 0 fully saturated rings. The molecule has 0 aliphatic heterocycles. The standard InChI is InChI=1S/C14H16N4S/c15-14(19)10-18-13(12-6-2-4-8-17-12)9-11-5-1-3-7-16-11/h1-8,13,18H,9-10H2,(H2,15,19). The van der Waals surface area contributed by atoms with Gasteiger partial charge in [0.05, 0.1) is 16.7 Å². The molecule has 2 aromatic heterocycles. The average molecular weight is 272 g/mol. The number of hydrogen-bond acceptors (Lipinski definition) is 4. The highest BCUT2D eigenvalue weighted by Crippen LogP contribution is 2.14. The van der Waals surface area contributed by atoms with Crippen molar-refractivity contribution in [2.75, 3.05) is 6.54 Å². The molecule has 2 rings (SSSR count). The van der Waals surface area contributed by atoms with E-state index >= 15 is 0 Å². The maximum Gasteiger partial charge on any atom is 0.0867 e. The van der Waals surface area contributed by atoms with Crippen LogP contribution in [0.3, 0.4) is 0 Å². The van der Waals surface area contributed by atoms with Gasteiger partial charge in [-0.3, -0.25) is 9.97 Å². The van der Waals surface area contributed by atoms with Crippen LogP contribution in [-0.4, -0.2) is 21.5 Å². The molecule has 98 valence electrons. The lowest BCUT2D eigenvalue weighted by molar-refractivity contribution is 0.552. The highest BCUT2D eigenvalue weighted by molar-refractivity contribution is 7.80. The molecule has 3 N–H and O–H groups in total. The Bertz CT molecular complexity index is 515. The van der Waals surface area contributed by atoms with E-state index in [0.29, 0.717) is 11.5 Å². The number of pyridine rings is 2. The first-order chi connectivity index (χ1) is 9.25. The monoisotopic (exact) mass is 272 g/mol. The third-order valence-corrected chi connectivity index (χ3v) is 2.85. The van der Waals surface area contributed by atoms with E-state index in [-0.39, 0.29) is 6.04 Å². The Morgan fingerprint density at radius 1 is 1.16 bits per heavy atom. The molecule has 0 amide bonds. The minimum Gasteiger partial charge on any atom is -0.392 e. The molecular formula is C14H16N4S. The van der Waals surface area contributed by atoms with Gasteiger partial charge in [0.15, 0.2) is 0 Å². The van der Waals surface area contributed by atoms with Gasteiger partial charge in [-0.2, -0.15) is 0 Å². The summed E-state index contributed by atoms with van der Waals surface area (Å²) in [5.41, 5.74) is 7.52. The molecule has 0 aliphatic carbocycles. The van der Waals surface area contributed by atoms with Crippen LogP contribution in [-0.2, 0) is 6.42 Å². The fraction of sp³-hybridized carbons (Fsp3) is 0.214. The van der Waals surface area contributed by atoms with Crippen molar-refractivity contribution in [1.82, 2.24) is 15.3 Å². The number of nitrogens with zero attached hydrogens (tertiary/aromatic N) is 2. The second-order valence-electron chi connectivity index (χ2n) is 4.18. The molecule has 19 heavy (non-hydrogen) atoms. The minimum atomic E-state index is 0.0533. The van der Waals surface area contributed by atoms with Crippen LogP contribution in [0.15, 0.2) is 48.8 Å². The Morgan fingerprint density at radius 2 is 1.89 bits per heavy atom. The van der Waals surface area contributed by atoms with Crippen molar-refractivity contribution in [3.63, 3.8) is 0 Å². The van der Waals surface area contributed by atoms with E-state index in [9.17, 15) is 0 Å². The highest BCUT2D eigenvalue weighted by Gasteiger charge is 2.13. The summed E-state index contributed by atoms with van der Waals surface area (Å²) < 4.78 is 0. The van der Waals surface area contributed by atoms with E-state index < -0.39 is 0 Å². The van der Waals surface area contributed by atoms with Crippen LogP contribution in [0.5, 0.6) is 0 Å². The van der Waals surface area contributed by atoms with Gasteiger partial charge in [0.2, 0.25) is 0 Å². The Kier molecular flexibility index (Phi) is 4.94. The first-order valence-electron chi connectivity index (χ1n) is 6.08. The SMILES string of the molecule is NC(=S)CNC(Cc1ccccn1)c1ccccn1. The van der Waals surface area contributed by atoms with Gasteiger partial charge in [-0.25, -0.2) is 0 Å². The maximum atomic E-state index is 5.55. The number of nitrogens with two attached hydrogens (primary N) is 1. The van der Waals surface area contributed by atoms with Crippen LogP contribution in [0.25, 0.3) is 0 Å². The van der Waals surface area contributed by atoms with Gasteiger partial charge >= 0.3 is 0 Å². The van der Waals surface area contributed by atoms with Gasteiger partial charge in [0, 0.05) is 31.1 Å². The Morgan fingerprint density at radius 3 is 2.47 bits per heavy atom. The molecule has 0 bridgehead atoms. The molecule has 4 nitrogen and oxygen atoms in total. The number of aromatic nitrogens is 2. The number of nitrogens with one attached hydrogen (secondary N) is 1. The minimum absolute atomic E-state index is 0.0533. The largest absolute Gasteiger partial charge is 0.392 e. The Hall–Kier alpha value is -1.85. The van der Waals surface area contributed by atoms with Crippen molar-refractivity contribution in [2.24, 2.45) is 5.73 Å². The predicted octanol–water partition coefficient (Wildman–Crippen LogP) is 1.64. The van der Waals surface area contributed by atoms with E-state index in [1.165, 1.54) is 0 Å². The van der Waals surface area contributed by atoms with Crippen molar-refractivity contribution in [2.45, 2.75) is 12.5 Å². The van der Waals surface area contributed by atoms with Crippen molar-refractivity contribution in [1.29, 1.82) is 0 Å². The average Bonchev–Trinajstić information content (AvgIpc) is 2.45. The summed E-state index contributed by atoms with van der Waals surface area (Å²) in [6.07, 6.45) is 4.32. The van der Waals surface area contributed by atoms with Gasteiger partial charge in [-0.1, -0.05) is 24.4 Å². The van der Waals surface area contributed by atoms with Crippen molar-refractivity contribution < 1.29 is 0 Å². The summed E-state index contributed by atoms with van der Waals surface area (Å²) in [6.45, 7) is 0.489. The van der Waals surface area contributed by atoms with Gasteiger partial charge < -0.3 is 11.1 Å². The molecule has 0 radical (unpaired) electrons. The first kappa shape index (κ1) is 13.6. The summed E-state index contributed by atoms with van der Waals surface area (Å²) in [5, 5.41) is 3.32. The molecule has 0 spiro atoms. The third kappa shape index (κ3) is 4.39. The zero-order valence-corrected chi connectivity index (χ0v) is 11.3. The summed E-state index contributed by atoms with van der Waals surface area (Å²) in [5.74, 6) is 0. The van der Waals surface area contributed by atoms with E-state index in [1.54, 1.807) is 12.4 Å². The van der Waals surface area contributed by atoms with Gasteiger partial charge in [0.25, 0.3) is 0 Å². The predicted molar refractivity (Wildman–Crippen MR) is 79.7 cm³/mol. The van der Waals surface area contributed by atoms with Crippen LogP contribution >= 0.6 is 12.2 Å². The summed E-state index contributed by atoms with van der Waals surface area (Å²) in [6, 6.07) is 11.8. The second kappa shape index (κ2) is 6.92. The summed E-state index contributed by atoms with van der Waals surface area (Å²) in [4.78, 5) is 9.16. The molecule has 1 unspecified atom stereocenters. The van der Waals surface area contributed by atoms with Gasteiger partial charge in [-0.05, 0) is 24.3 Å². The van der Waals surface area contributed by atoms with Crippen molar-refractivity contribution >= 4 is 17.2 Å². The van der Waals surface area contributed by atoms with Gasteiger partial charge in [-0.15, -0.1) is 0 Å². The smallest absolute Gasteiger partial charge is 0.0867 e. The van der Waals surface area contributed by atoms with Crippen molar-refractivity contribution in [3.8, 4) is 0 Å². The molecule has 0 aliphatic rings. The molecule has 0 saturated heterocycles. The molecule has 0 saturated carbocycles. The lowest BCUT2D eigenvalue weighted by Crippen LogP contribution is -2.32. The molecule has 2 aromatic rings. The van der Waals surface area contributed by atoms with Crippen molar-refractivity contribution in [3.05, 3.63) is 60.2 Å². The molecule has 1 atom stereocenters. The van der Waals surface area contributed by atoms with E-state index in [0.717, 1.165) is 17.8 Å². The second-order valence-corrected chi connectivity index (χ2v) is 4.70. The molecule has 5 heteroatoms. The summed E-state index contributed by atoms with van der Waals surface area (Å²) >= 11 is 4.91. The fourth-order valence-corrected chi connectivity index (χ4v) is 1.90. The zero-order valence-electron chi connectivity index (χ0n) is 10.5. The van der Waals surface area contributed by atoms with Crippen LogP contribution in [0.1, 0.15) is 17.4 Å². The van der Waals surface area contributed by atoms with Crippen LogP contribution < -0.4 is 11.1 Å². The molecule has 0 aromatic carbocycles. The maximum absolute atomic E-state index is 5.55. The lowest BCUT2D eigenvalue weighted by atomic mass is 10.1. The van der Waals surface area contributed by atoms with E-state index in [2.05, 4.69) is 15.3 Å². The van der Waals surface area contributed by atoms with Gasteiger partial charge in [0.1, 0.15) is 0 Å². The van der Waals surface area contributed by atoms with Crippen LogP contribution in [0.2, 0.25) is 0 Å². The number of hydrogen-bond donors (Lipinski definition) is 2. The van der Waals surface area contributed by atoms with E-state index in [4.69, 9.17) is 18.0 Å². The summed E-state index contributed by atoms with van der Waals surface area (Å²) in [7, 11) is 0. The van der Waals surface area contributed by atoms with E-state index in [1.807, 2.05) is 36.4 Å². The molecule has 2 heterocycles. The van der Waals surface area contributed by atoms with Crippen LogP contribution in [0, 0.1) is 0 Å². The third-order valence-electron chi connectivity index (χ3n) is 2.71. The lowest BCUT2D eigenvalue weighted by Gasteiger charge is -2.17. The van der Waals surface area contributed by atoms with Crippen LogP contribution in [0.4, 0.5) is 0 Å².